The summed E-state index contributed by atoms with van der Waals surface area (Å²) in [6, 6.07) is 26.1. The van der Waals surface area contributed by atoms with Gasteiger partial charge in [-0.3, -0.25) is 19.7 Å². The van der Waals surface area contributed by atoms with Crippen LogP contribution in [0.2, 0.25) is 0 Å². The minimum atomic E-state index is -1.31. The number of fused-ring (bicyclic) bond motifs is 4. The maximum absolute atomic E-state index is 14.3. The zero-order valence-corrected chi connectivity index (χ0v) is 20.1. The van der Waals surface area contributed by atoms with Crippen molar-refractivity contribution in [3.05, 3.63) is 108 Å². The van der Waals surface area contributed by atoms with Crippen molar-refractivity contribution in [1.29, 1.82) is 0 Å². The van der Waals surface area contributed by atoms with E-state index in [4.69, 9.17) is 0 Å². The molecule has 180 valence electrons. The summed E-state index contributed by atoms with van der Waals surface area (Å²) in [6.45, 7) is 6.25. The summed E-state index contributed by atoms with van der Waals surface area (Å²) in [5.41, 5.74) is 2.61. The lowest BCUT2D eigenvalue weighted by Gasteiger charge is -2.30. The molecule has 6 rings (SSSR count). The average Bonchev–Trinajstić information content (AvgIpc) is 3.44. The Morgan fingerprint density at radius 2 is 1.53 bits per heavy atom. The Bertz CT molecular complexity index is 1390. The number of imide groups is 1. The first-order valence-corrected chi connectivity index (χ1v) is 12.2. The molecule has 6 nitrogen and oxygen atoms in total. The quantitative estimate of drug-likeness (QED) is 0.448. The highest BCUT2D eigenvalue weighted by molar-refractivity contribution is 6.26. The highest BCUT2D eigenvalue weighted by Crippen LogP contribution is 2.55. The van der Waals surface area contributed by atoms with Crippen LogP contribution in [0.15, 0.2) is 97.1 Å². The molecule has 2 fully saturated rings. The van der Waals surface area contributed by atoms with Gasteiger partial charge in [0.05, 0.1) is 17.5 Å². The summed E-state index contributed by atoms with van der Waals surface area (Å²) in [4.78, 5) is 45.3. The zero-order valence-electron chi connectivity index (χ0n) is 20.1. The van der Waals surface area contributed by atoms with Gasteiger partial charge in [-0.15, -0.1) is 0 Å². The summed E-state index contributed by atoms with van der Waals surface area (Å²) in [7, 11) is 0. The summed E-state index contributed by atoms with van der Waals surface area (Å²) in [5.74, 6) is -2.31. The van der Waals surface area contributed by atoms with Crippen molar-refractivity contribution >= 4 is 29.1 Å². The van der Waals surface area contributed by atoms with Gasteiger partial charge in [0.2, 0.25) is 11.8 Å². The number of hydrogen-bond acceptors (Lipinski definition) is 4. The fraction of sp³-hybridized carbons (Fsp3) is 0.233. The molecular weight excluding hydrogens is 450 g/mol. The van der Waals surface area contributed by atoms with Crippen LogP contribution in [0.3, 0.4) is 0 Å². The lowest BCUT2D eigenvalue weighted by atomic mass is 9.76. The molecule has 4 atom stereocenters. The van der Waals surface area contributed by atoms with Gasteiger partial charge in [-0.1, -0.05) is 78.9 Å². The van der Waals surface area contributed by atoms with Crippen molar-refractivity contribution in [3.63, 3.8) is 0 Å². The summed E-state index contributed by atoms with van der Waals surface area (Å²) in [5, 5.41) is 3.57. The average molecular weight is 478 g/mol. The first-order valence-electron chi connectivity index (χ1n) is 12.2. The second kappa shape index (κ2) is 8.28. The van der Waals surface area contributed by atoms with Gasteiger partial charge in [0, 0.05) is 23.8 Å². The molecule has 6 heteroatoms. The third kappa shape index (κ3) is 3.11. The first-order chi connectivity index (χ1) is 17.4. The molecule has 3 aliphatic heterocycles. The second-order valence-electron chi connectivity index (χ2n) is 9.97. The third-order valence-corrected chi connectivity index (χ3v) is 7.61. The number of nitrogens with one attached hydrogen (secondary N) is 1. The van der Waals surface area contributed by atoms with Crippen molar-refractivity contribution in [3.8, 4) is 0 Å². The molecule has 0 unspecified atom stereocenters. The number of hydrogen-bond donors (Lipinski definition) is 1. The summed E-state index contributed by atoms with van der Waals surface area (Å²) < 4.78 is 0. The predicted molar refractivity (Wildman–Crippen MR) is 138 cm³/mol. The van der Waals surface area contributed by atoms with Gasteiger partial charge in [0.25, 0.3) is 5.91 Å². The van der Waals surface area contributed by atoms with E-state index >= 15 is 0 Å². The highest BCUT2D eigenvalue weighted by Gasteiger charge is 2.71. The van der Waals surface area contributed by atoms with Crippen molar-refractivity contribution in [2.75, 3.05) is 16.3 Å². The van der Waals surface area contributed by atoms with Crippen molar-refractivity contribution < 1.29 is 14.4 Å². The summed E-state index contributed by atoms with van der Waals surface area (Å²) >= 11 is 0. The molecule has 3 aliphatic rings. The standard InChI is InChI=1S/C30H27N3O3/c1-19(2)18-32-24-16-10-9-15-22(24)30(29(32)36)26-25(23(31-30)17-20-11-5-3-6-12-20)27(34)33(28(26)35)21-13-7-4-8-14-21/h3-16,23,25-26,31H,1,17-18H2,2H3/t23-,25+,26+,30+/m1/s1. The zero-order chi connectivity index (χ0) is 25.0. The number of rotatable bonds is 5. The van der Waals surface area contributed by atoms with E-state index in [-0.39, 0.29) is 23.8 Å². The Hall–Kier alpha value is -4.03. The second-order valence-corrected chi connectivity index (χ2v) is 9.97. The van der Waals surface area contributed by atoms with Crippen LogP contribution < -0.4 is 15.1 Å². The third-order valence-electron chi connectivity index (χ3n) is 7.61. The molecule has 36 heavy (non-hydrogen) atoms. The van der Waals surface area contributed by atoms with E-state index in [1.807, 2.05) is 79.7 Å². The van der Waals surface area contributed by atoms with Gasteiger partial charge in [-0.25, -0.2) is 4.90 Å². The molecule has 0 saturated carbocycles. The molecule has 1 spiro atoms. The molecule has 0 bridgehead atoms. The van der Waals surface area contributed by atoms with Crippen LogP contribution in [-0.4, -0.2) is 30.3 Å². The number of nitrogens with zero attached hydrogens (tertiary/aromatic N) is 2. The molecule has 3 heterocycles. The normalized spacial score (nSPS) is 26.6. The Morgan fingerprint density at radius 3 is 2.22 bits per heavy atom. The first kappa shape index (κ1) is 22.4. The van der Waals surface area contributed by atoms with Crippen LogP contribution in [0.25, 0.3) is 0 Å². The number of benzene rings is 3. The molecule has 3 amide bonds. The van der Waals surface area contributed by atoms with E-state index in [2.05, 4.69) is 11.9 Å². The smallest absolute Gasteiger partial charge is 0.253 e. The number of carbonyl (C=O) groups excluding carboxylic acids is 3. The predicted octanol–water partition coefficient (Wildman–Crippen LogP) is 3.82. The summed E-state index contributed by atoms with van der Waals surface area (Å²) in [6.07, 6.45) is 0.529. The van der Waals surface area contributed by atoms with Gasteiger partial charge < -0.3 is 4.90 Å². The molecule has 1 N–H and O–H groups in total. The van der Waals surface area contributed by atoms with E-state index in [1.54, 1.807) is 17.0 Å². The monoisotopic (exact) mass is 477 g/mol. The molecule has 3 aromatic rings. The minimum absolute atomic E-state index is 0.201. The topological polar surface area (TPSA) is 69.7 Å². The fourth-order valence-electron chi connectivity index (χ4n) is 6.25. The van der Waals surface area contributed by atoms with Crippen LogP contribution in [0, 0.1) is 11.8 Å². The number of amides is 3. The Balaban J connectivity index is 1.52. The molecule has 2 saturated heterocycles. The van der Waals surface area contributed by atoms with Gasteiger partial charge >= 0.3 is 0 Å². The number of carbonyl (C=O) groups is 3. The van der Waals surface area contributed by atoms with Crippen molar-refractivity contribution in [2.45, 2.75) is 24.9 Å². The molecule has 3 aromatic carbocycles. The molecular formula is C30H27N3O3. The van der Waals surface area contributed by atoms with Crippen LogP contribution in [0.5, 0.6) is 0 Å². The van der Waals surface area contributed by atoms with E-state index < -0.39 is 17.4 Å². The van der Waals surface area contributed by atoms with Crippen molar-refractivity contribution in [1.82, 2.24) is 5.32 Å². The van der Waals surface area contributed by atoms with E-state index in [0.29, 0.717) is 18.7 Å². The Morgan fingerprint density at radius 1 is 0.889 bits per heavy atom. The van der Waals surface area contributed by atoms with E-state index in [0.717, 1.165) is 22.4 Å². The van der Waals surface area contributed by atoms with Gasteiger partial charge in [-0.2, -0.15) is 0 Å². The van der Waals surface area contributed by atoms with Crippen LogP contribution in [0.4, 0.5) is 11.4 Å². The van der Waals surface area contributed by atoms with Crippen molar-refractivity contribution in [2.24, 2.45) is 11.8 Å². The van der Waals surface area contributed by atoms with Crippen LogP contribution >= 0.6 is 0 Å². The highest BCUT2D eigenvalue weighted by atomic mass is 16.2. The lowest BCUT2D eigenvalue weighted by molar-refractivity contribution is -0.132. The molecule has 0 radical (unpaired) electrons. The molecule has 0 aromatic heterocycles. The maximum atomic E-state index is 14.3. The largest absolute Gasteiger partial charge is 0.306 e. The van der Waals surface area contributed by atoms with Crippen LogP contribution in [-0.2, 0) is 26.3 Å². The fourth-order valence-corrected chi connectivity index (χ4v) is 6.25. The number of anilines is 2. The SMILES string of the molecule is C=C(C)CN1C(=O)[C@]2(N[C@H](Cc3ccccc3)[C@@H]3C(=O)N(c4ccccc4)C(=O)[C@H]32)c2ccccc21. The Kier molecular flexibility index (Phi) is 5.16. The number of para-hydroxylation sites is 2. The van der Waals surface area contributed by atoms with Gasteiger partial charge in [-0.05, 0) is 37.1 Å². The van der Waals surface area contributed by atoms with E-state index in [9.17, 15) is 14.4 Å². The van der Waals surface area contributed by atoms with Gasteiger partial charge in [0.15, 0.2) is 0 Å². The van der Waals surface area contributed by atoms with Gasteiger partial charge in [0.1, 0.15) is 5.54 Å². The van der Waals surface area contributed by atoms with E-state index in [1.165, 1.54) is 4.90 Å². The van der Waals surface area contributed by atoms with Crippen LogP contribution in [0.1, 0.15) is 18.1 Å². The Labute approximate surface area is 210 Å². The maximum Gasteiger partial charge on any atom is 0.253 e. The lowest BCUT2D eigenvalue weighted by Crippen LogP contribution is -2.55. The minimum Gasteiger partial charge on any atom is -0.306 e. The molecule has 0 aliphatic carbocycles.